The molecule has 0 unspecified atom stereocenters. The van der Waals surface area contributed by atoms with Crippen molar-refractivity contribution in [3.8, 4) is 21.8 Å². The lowest BCUT2D eigenvalue weighted by atomic mass is 9.33. The standard InChI is InChI=1S/C63H59BN2OS2/c1-35(2)43-30-50-58-51(31-43)66(60-36(3)25-44(26-37(60)4)53-32-40-17-13-15-19-52(40)67-53)61-57(47-34-45(62(7,8)9)22-24-55(47)69-61)64(58)48-23-21-42(56-33-41-18-14-16-20-54(41)68-56)29-49(48)65(50)59-38(5)27-46(28-39(59)6)63(10,11)12/h13-35H,1-12H3. The molecule has 5 heterocycles. The third-order valence-corrected chi connectivity index (χ3v) is 17.3. The fraction of sp³-hybridized carbons (Fsp3) is 0.238. The fourth-order valence-corrected chi connectivity index (χ4v) is 13.7. The Labute approximate surface area is 416 Å². The molecule has 2 aliphatic rings. The van der Waals surface area contributed by atoms with Gasteiger partial charge in [-0.25, -0.2) is 0 Å². The summed E-state index contributed by atoms with van der Waals surface area (Å²) < 4.78 is 9.14. The van der Waals surface area contributed by atoms with Crippen molar-refractivity contribution >= 4 is 110 Å². The molecule has 6 heteroatoms. The minimum Gasteiger partial charge on any atom is -0.456 e. The van der Waals surface area contributed by atoms with Crippen molar-refractivity contribution in [3.63, 3.8) is 0 Å². The lowest BCUT2D eigenvalue weighted by Crippen LogP contribution is -2.61. The summed E-state index contributed by atoms with van der Waals surface area (Å²) in [6.07, 6.45) is 0. The maximum absolute atomic E-state index is 6.50. The van der Waals surface area contributed by atoms with E-state index in [4.69, 9.17) is 4.42 Å². The molecule has 12 rings (SSSR count). The quantitative estimate of drug-likeness (QED) is 0.160. The fourth-order valence-electron chi connectivity index (χ4n) is 11.4. The van der Waals surface area contributed by atoms with Gasteiger partial charge in [0.1, 0.15) is 11.3 Å². The van der Waals surface area contributed by atoms with Crippen LogP contribution in [0.3, 0.4) is 0 Å². The average Bonchev–Trinajstić information content (AvgIpc) is 4.04. The number of fused-ring (bicyclic) bond motifs is 8. The summed E-state index contributed by atoms with van der Waals surface area (Å²) in [6, 6.07) is 51.1. The SMILES string of the molecule is Cc1cc(C(C)(C)C)cc(C)c1N1c2cc(-c3cc4ccccc4s3)ccc2B2c3c1cc(C(C)C)cc3N(c1c(C)cc(-c3cc4ccccc4o3)cc1C)c1sc3ccc(C(C)(C)C)cc3c12. The monoisotopic (exact) mass is 934 g/mol. The zero-order chi connectivity index (χ0) is 48.0. The lowest BCUT2D eigenvalue weighted by molar-refractivity contribution is 0.589. The predicted octanol–water partition coefficient (Wildman–Crippen LogP) is 17.2. The van der Waals surface area contributed by atoms with Gasteiger partial charge in [0, 0.05) is 42.3 Å². The number of aryl methyl sites for hydroxylation is 4. The van der Waals surface area contributed by atoms with Gasteiger partial charge in [0.25, 0.3) is 6.71 Å². The smallest absolute Gasteiger partial charge is 0.254 e. The summed E-state index contributed by atoms with van der Waals surface area (Å²) in [7, 11) is 0. The Kier molecular flexibility index (Phi) is 9.92. The van der Waals surface area contributed by atoms with Crippen molar-refractivity contribution in [2.24, 2.45) is 0 Å². The van der Waals surface area contributed by atoms with Gasteiger partial charge in [0.15, 0.2) is 0 Å². The molecular weight excluding hydrogens is 876 g/mol. The van der Waals surface area contributed by atoms with Crippen LogP contribution in [0.4, 0.5) is 33.4 Å². The maximum atomic E-state index is 6.50. The van der Waals surface area contributed by atoms with E-state index in [1.807, 2.05) is 28.7 Å². The van der Waals surface area contributed by atoms with Crippen LogP contribution in [0.25, 0.3) is 52.9 Å². The van der Waals surface area contributed by atoms with Crippen LogP contribution < -0.4 is 26.2 Å². The molecule has 10 aromatic rings. The first kappa shape index (κ1) is 43.9. The van der Waals surface area contributed by atoms with Crippen LogP contribution >= 0.6 is 22.7 Å². The van der Waals surface area contributed by atoms with E-state index >= 15 is 0 Å². The maximum Gasteiger partial charge on any atom is 0.254 e. The van der Waals surface area contributed by atoms with E-state index in [0.717, 1.165) is 22.3 Å². The summed E-state index contributed by atoms with van der Waals surface area (Å²) in [5.41, 5.74) is 22.8. The summed E-state index contributed by atoms with van der Waals surface area (Å²) in [4.78, 5) is 6.64. The van der Waals surface area contributed by atoms with Gasteiger partial charge < -0.3 is 14.2 Å². The van der Waals surface area contributed by atoms with E-state index in [-0.39, 0.29) is 17.5 Å². The van der Waals surface area contributed by atoms with E-state index in [1.54, 1.807) is 0 Å². The molecule has 0 atom stereocenters. The highest BCUT2D eigenvalue weighted by Crippen LogP contribution is 2.52. The zero-order valence-electron chi connectivity index (χ0n) is 42.0. The van der Waals surface area contributed by atoms with Crippen molar-refractivity contribution < 1.29 is 4.42 Å². The van der Waals surface area contributed by atoms with Crippen molar-refractivity contribution in [2.75, 3.05) is 9.80 Å². The van der Waals surface area contributed by atoms with Crippen LogP contribution in [0, 0.1) is 27.7 Å². The van der Waals surface area contributed by atoms with Gasteiger partial charge in [-0.1, -0.05) is 128 Å². The Morgan fingerprint density at radius 2 is 1.16 bits per heavy atom. The van der Waals surface area contributed by atoms with Crippen LogP contribution in [0.2, 0.25) is 0 Å². The number of nitrogens with zero attached hydrogens (tertiary/aromatic N) is 2. The highest BCUT2D eigenvalue weighted by molar-refractivity contribution is 7.26. The minimum absolute atomic E-state index is 0.000895. The summed E-state index contributed by atoms with van der Waals surface area (Å²) in [5, 5.41) is 5.07. The summed E-state index contributed by atoms with van der Waals surface area (Å²) in [5.74, 6) is 1.19. The summed E-state index contributed by atoms with van der Waals surface area (Å²) in [6.45, 7) is 28.0. The molecule has 2 aliphatic heterocycles. The Bertz CT molecular complexity index is 3640. The molecule has 0 bridgehead atoms. The van der Waals surface area contributed by atoms with Gasteiger partial charge in [-0.15, -0.1) is 22.7 Å². The van der Waals surface area contributed by atoms with Crippen molar-refractivity contribution in [1.82, 2.24) is 0 Å². The molecule has 0 radical (unpaired) electrons. The normalized spacial score (nSPS) is 13.6. The van der Waals surface area contributed by atoms with Gasteiger partial charge in [0.2, 0.25) is 0 Å². The first-order chi connectivity index (χ1) is 32.9. The number of para-hydroxylation sites is 1. The number of thiophene rings is 2. The van der Waals surface area contributed by atoms with Gasteiger partial charge in [-0.3, -0.25) is 0 Å². The van der Waals surface area contributed by atoms with E-state index in [1.165, 1.54) is 119 Å². The molecule has 0 aliphatic carbocycles. The molecule has 0 N–H and O–H groups in total. The second-order valence-corrected chi connectivity index (χ2v) is 24.4. The topological polar surface area (TPSA) is 19.6 Å². The predicted molar refractivity (Wildman–Crippen MR) is 302 cm³/mol. The molecular formula is C63H59BN2OS2. The highest BCUT2D eigenvalue weighted by atomic mass is 32.1. The number of benzene rings is 7. The van der Waals surface area contributed by atoms with Crippen LogP contribution in [-0.2, 0) is 10.8 Å². The molecule has 0 amide bonds. The van der Waals surface area contributed by atoms with Crippen LogP contribution in [0.1, 0.15) is 100 Å². The number of furan rings is 1. The molecule has 0 saturated heterocycles. The first-order valence-corrected chi connectivity index (χ1v) is 26.3. The largest absolute Gasteiger partial charge is 0.456 e. The minimum atomic E-state index is -0.0129. The molecule has 0 spiro atoms. The van der Waals surface area contributed by atoms with Crippen LogP contribution in [0.15, 0.2) is 138 Å². The van der Waals surface area contributed by atoms with Gasteiger partial charge in [0.05, 0.1) is 16.4 Å². The average molecular weight is 935 g/mol. The molecule has 7 aromatic carbocycles. The van der Waals surface area contributed by atoms with Crippen molar-refractivity contribution in [2.45, 2.75) is 99.8 Å². The van der Waals surface area contributed by atoms with Crippen molar-refractivity contribution in [1.29, 1.82) is 0 Å². The van der Waals surface area contributed by atoms with Crippen LogP contribution in [0.5, 0.6) is 0 Å². The summed E-state index contributed by atoms with van der Waals surface area (Å²) >= 11 is 3.84. The Morgan fingerprint density at radius 3 is 1.83 bits per heavy atom. The van der Waals surface area contributed by atoms with E-state index in [2.05, 4.69) is 220 Å². The van der Waals surface area contributed by atoms with Crippen LogP contribution in [-0.4, -0.2) is 6.71 Å². The van der Waals surface area contributed by atoms with Crippen molar-refractivity contribution in [3.05, 3.63) is 172 Å². The number of rotatable bonds is 5. The second-order valence-electron chi connectivity index (χ2n) is 22.3. The van der Waals surface area contributed by atoms with E-state index in [0.29, 0.717) is 5.92 Å². The van der Waals surface area contributed by atoms with E-state index < -0.39 is 0 Å². The third kappa shape index (κ3) is 6.95. The zero-order valence-corrected chi connectivity index (χ0v) is 43.6. The number of hydrogen-bond donors (Lipinski definition) is 0. The molecule has 342 valence electrons. The van der Waals surface area contributed by atoms with Gasteiger partial charge >= 0.3 is 0 Å². The van der Waals surface area contributed by atoms with Gasteiger partial charge in [-0.05, 0) is 177 Å². The number of anilines is 6. The third-order valence-electron chi connectivity index (χ3n) is 15.0. The molecule has 0 saturated carbocycles. The molecule has 69 heavy (non-hydrogen) atoms. The lowest BCUT2D eigenvalue weighted by Gasteiger charge is -2.45. The Hall–Kier alpha value is -6.34. The number of hydrogen-bond acceptors (Lipinski definition) is 5. The van der Waals surface area contributed by atoms with Gasteiger partial charge in [-0.2, -0.15) is 0 Å². The molecule has 3 aromatic heterocycles. The van der Waals surface area contributed by atoms with E-state index in [9.17, 15) is 0 Å². The highest BCUT2D eigenvalue weighted by Gasteiger charge is 2.47. The molecule has 3 nitrogen and oxygen atoms in total. The Morgan fingerprint density at radius 1 is 0.522 bits per heavy atom. The molecule has 0 fully saturated rings. The second kappa shape index (κ2) is 15.6. The Balaban J connectivity index is 1.18. The first-order valence-electron chi connectivity index (χ1n) is 24.6.